The molecule has 0 saturated heterocycles. The Hall–Kier alpha value is -3.32. The van der Waals surface area contributed by atoms with E-state index in [1.165, 1.54) is 5.01 Å². The van der Waals surface area contributed by atoms with Crippen LogP contribution in [0.5, 0.6) is 0 Å². The minimum absolute atomic E-state index is 0.114. The van der Waals surface area contributed by atoms with Crippen LogP contribution in [0, 0.1) is 0 Å². The Morgan fingerprint density at radius 2 is 1.76 bits per heavy atom. The molecule has 2 heterocycles. The number of rotatable bonds is 5. The van der Waals surface area contributed by atoms with E-state index in [-0.39, 0.29) is 24.8 Å². The molecule has 146 valence electrons. The first-order valence-electron chi connectivity index (χ1n) is 9.09. The van der Waals surface area contributed by atoms with Gasteiger partial charge in [-0.3, -0.25) is 19.6 Å². The number of hydrazone groups is 1. The van der Waals surface area contributed by atoms with Gasteiger partial charge in [0.2, 0.25) is 5.91 Å². The first kappa shape index (κ1) is 19.0. The normalized spacial score (nSPS) is 16.1. The van der Waals surface area contributed by atoms with Gasteiger partial charge in [-0.2, -0.15) is 5.10 Å². The Labute approximate surface area is 171 Å². The Kier molecular flexibility index (Phi) is 5.22. The molecular formula is C21H17ClN4O3. The lowest BCUT2D eigenvalue weighted by Crippen LogP contribution is -2.27. The summed E-state index contributed by atoms with van der Waals surface area (Å²) in [5.74, 6) is -1.35. The lowest BCUT2D eigenvalue weighted by molar-refractivity contribution is -0.141. The van der Waals surface area contributed by atoms with E-state index in [0.717, 1.165) is 27.9 Å². The molecule has 1 aromatic heterocycles. The topological polar surface area (TPSA) is 95.8 Å². The van der Waals surface area contributed by atoms with Gasteiger partial charge in [-0.1, -0.05) is 29.8 Å². The molecule has 0 radical (unpaired) electrons. The highest BCUT2D eigenvalue weighted by Gasteiger charge is 2.33. The molecule has 1 amide bonds. The van der Waals surface area contributed by atoms with Crippen molar-refractivity contribution >= 4 is 40.2 Å². The number of carbonyl (C=O) groups excluding carboxylic acids is 1. The summed E-state index contributed by atoms with van der Waals surface area (Å²) in [6.45, 7) is 0. The summed E-state index contributed by atoms with van der Waals surface area (Å²) >= 11 is 5.98. The molecule has 29 heavy (non-hydrogen) atoms. The van der Waals surface area contributed by atoms with Crippen molar-refractivity contribution in [2.24, 2.45) is 5.10 Å². The average molecular weight is 409 g/mol. The van der Waals surface area contributed by atoms with Crippen LogP contribution in [0.1, 0.15) is 36.4 Å². The number of amides is 1. The molecule has 1 unspecified atom stereocenters. The van der Waals surface area contributed by atoms with E-state index in [2.05, 4.69) is 15.1 Å². The van der Waals surface area contributed by atoms with Gasteiger partial charge in [0.25, 0.3) is 0 Å². The van der Waals surface area contributed by atoms with Crippen LogP contribution < -0.4 is 0 Å². The smallest absolute Gasteiger partial charge is 0.303 e. The molecule has 3 aromatic rings. The zero-order chi connectivity index (χ0) is 20.4. The van der Waals surface area contributed by atoms with Gasteiger partial charge < -0.3 is 5.11 Å². The Balaban J connectivity index is 1.68. The number of benzene rings is 2. The van der Waals surface area contributed by atoms with Crippen LogP contribution in [0.2, 0.25) is 5.02 Å². The molecule has 7 nitrogen and oxygen atoms in total. The predicted octanol–water partition coefficient (Wildman–Crippen LogP) is 3.83. The minimum Gasteiger partial charge on any atom is -0.481 e. The number of nitrogens with zero attached hydrogens (tertiary/aromatic N) is 4. The van der Waals surface area contributed by atoms with Crippen molar-refractivity contribution in [1.29, 1.82) is 0 Å². The van der Waals surface area contributed by atoms with E-state index >= 15 is 0 Å². The highest BCUT2D eigenvalue weighted by Crippen LogP contribution is 2.34. The second kappa shape index (κ2) is 7.97. The summed E-state index contributed by atoms with van der Waals surface area (Å²) in [6.07, 6.45) is 3.40. The molecule has 0 fully saturated rings. The van der Waals surface area contributed by atoms with E-state index in [1.807, 2.05) is 30.3 Å². The summed E-state index contributed by atoms with van der Waals surface area (Å²) in [5, 5.41) is 15.5. The Morgan fingerprint density at radius 1 is 1.03 bits per heavy atom. The number of carboxylic acid groups (broad SMARTS) is 1. The van der Waals surface area contributed by atoms with Gasteiger partial charge >= 0.3 is 5.97 Å². The summed E-state index contributed by atoms with van der Waals surface area (Å²) in [7, 11) is 0. The molecule has 4 rings (SSSR count). The van der Waals surface area contributed by atoms with Crippen LogP contribution in [0.4, 0.5) is 0 Å². The van der Waals surface area contributed by atoms with Crippen molar-refractivity contribution < 1.29 is 14.7 Å². The van der Waals surface area contributed by atoms with Crippen molar-refractivity contribution in [1.82, 2.24) is 15.0 Å². The SMILES string of the molecule is O=C(O)CCC(=O)N1N=C(c2ccc(Cl)cc2)CC1c1ccc2nccnc2c1. The molecule has 0 aliphatic carbocycles. The average Bonchev–Trinajstić information content (AvgIpc) is 3.17. The van der Waals surface area contributed by atoms with Crippen molar-refractivity contribution in [2.75, 3.05) is 0 Å². The van der Waals surface area contributed by atoms with Crippen LogP contribution in [0.3, 0.4) is 0 Å². The molecule has 8 heteroatoms. The monoisotopic (exact) mass is 408 g/mol. The molecule has 0 spiro atoms. The third kappa shape index (κ3) is 4.09. The number of aromatic nitrogens is 2. The second-order valence-corrected chi connectivity index (χ2v) is 7.15. The van der Waals surface area contributed by atoms with Crippen LogP contribution in [0.15, 0.2) is 60.0 Å². The van der Waals surface area contributed by atoms with Crippen molar-refractivity contribution in [2.45, 2.75) is 25.3 Å². The second-order valence-electron chi connectivity index (χ2n) is 6.71. The van der Waals surface area contributed by atoms with Gasteiger partial charge in [0, 0.05) is 30.3 Å². The third-order valence-electron chi connectivity index (χ3n) is 4.77. The molecule has 0 saturated carbocycles. The van der Waals surface area contributed by atoms with Crippen LogP contribution >= 0.6 is 11.6 Å². The first-order valence-corrected chi connectivity index (χ1v) is 9.47. The fourth-order valence-electron chi connectivity index (χ4n) is 3.33. The fourth-order valence-corrected chi connectivity index (χ4v) is 3.46. The van der Waals surface area contributed by atoms with Gasteiger partial charge in [0.15, 0.2) is 0 Å². The predicted molar refractivity (Wildman–Crippen MR) is 109 cm³/mol. The van der Waals surface area contributed by atoms with Gasteiger partial charge in [0.1, 0.15) is 0 Å². The number of hydrogen-bond donors (Lipinski definition) is 1. The van der Waals surface area contributed by atoms with E-state index < -0.39 is 5.97 Å². The number of hydrogen-bond acceptors (Lipinski definition) is 5. The number of aliphatic carboxylic acids is 1. The molecule has 1 aliphatic heterocycles. The maximum absolute atomic E-state index is 12.7. The largest absolute Gasteiger partial charge is 0.481 e. The molecule has 1 atom stereocenters. The Bertz CT molecular complexity index is 1110. The van der Waals surface area contributed by atoms with Crippen LogP contribution in [-0.2, 0) is 9.59 Å². The number of carboxylic acids is 1. The standard InChI is InChI=1S/C21H17ClN4O3/c22-15-4-1-13(2-5-15)17-12-19(26(25-17)20(27)7-8-21(28)29)14-3-6-16-18(11-14)24-10-9-23-16/h1-6,9-11,19H,7-8,12H2,(H,28,29). The molecule has 1 N–H and O–H groups in total. The number of halogens is 1. The summed E-state index contributed by atoms with van der Waals surface area (Å²) < 4.78 is 0. The highest BCUT2D eigenvalue weighted by atomic mass is 35.5. The zero-order valence-corrected chi connectivity index (χ0v) is 16.1. The quantitative estimate of drug-likeness (QED) is 0.692. The summed E-state index contributed by atoms with van der Waals surface area (Å²) in [6, 6.07) is 12.6. The maximum atomic E-state index is 12.7. The van der Waals surface area contributed by atoms with Crippen molar-refractivity contribution in [3.05, 3.63) is 71.0 Å². The number of carbonyl (C=O) groups is 2. The van der Waals surface area contributed by atoms with E-state index in [4.69, 9.17) is 16.7 Å². The van der Waals surface area contributed by atoms with E-state index in [1.54, 1.807) is 24.5 Å². The molecule has 0 bridgehead atoms. The van der Waals surface area contributed by atoms with Gasteiger partial charge in [-0.15, -0.1) is 0 Å². The van der Waals surface area contributed by atoms with Gasteiger partial charge in [-0.25, -0.2) is 5.01 Å². The van der Waals surface area contributed by atoms with Crippen molar-refractivity contribution in [3.63, 3.8) is 0 Å². The first-order chi connectivity index (χ1) is 14.0. The fraction of sp³-hybridized carbons (Fsp3) is 0.190. The lowest BCUT2D eigenvalue weighted by Gasteiger charge is -2.22. The summed E-state index contributed by atoms with van der Waals surface area (Å²) in [4.78, 5) is 32.2. The minimum atomic E-state index is -1.02. The summed E-state index contributed by atoms with van der Waals surface area (Å²) in [5.41, 5.74) is 3.97. The van der Waals surface area contributed by atoms with Gasteiger partial charge in [-0.05, 0) is 35.4 Å². The van der Waals surface area contributed by atoms with E-state index in [9.17, 15) is 9.59 Å². The zero-order valence-electron chi connectivity index (χ0n) is 15.3. The third-order valence-corrected chi connectivity index (χ3v) is 5.03. The van der Waals surface area contributed by atoms with Gasteiger partial charge in [0.05, 0.1) is 29.2 Å². The maximum Gasteiger partial charge on any atom is 0.303 e. The Morgan fingerprint density at radius 3 is 2.48 bits per heavy atom. The van der Waals surface area contributed by atoms with Crippen LogP contribution in [0.25, 0.3) is 11.0 Å². The molecular weight excluding hydrogens is 392 g/mol. The molecule has 2 aromatic carbocycles. The van der Waals surface area contributed by atoms with Crippen LogP contribution in [-0.4, -0.2) is 37.7 Å². The van der Waals surface area contributed by atoms with E-state index in [0.29, 0.717) is 11.4 Å². The van der Waals surface area contributed by atoms with Crippen molar-refractivity contribution in [3.8, 4) is 0 Å². The lowest BCUT2D eigenvalue weighted by atomic mass is 9.98. The number of fused-ring (bicyclic) bond motifs is 1. The molecule has 1 aliphatic rings. The highest BCUT2D eigenvalue weighted by molar-refractivity contribution is 6.30.